The first-order chi connectivity index (χ1) is 10.5. The molecule has 2 rings (SSSR count). The molecule has 0 amide bonds. The van der Waals surface area contributed by atoms with Crippen LogP contribution in [-0.2, 0) is 0 Å². The van der Waals surface area contributed by atoms with E-state index in [1.54, 1.807) is 0 Å². The second-order valence-electron chi connectivity index (χ2n) is 7.50. The van der Waals surface area contributed by atoms with Gasteiger partial charge in [0.1, 0.15) is 0 Å². The second-order valence-corrected chi connectivity index (χ2v) is 7.50. The molecule has 0 bridgehead atoms. The maximum absolute atomic E-state index is 12.2. The number of hydrogen-bond acceptors (Lipinski definition) is 0. The van der Waals surface area contributed by atoms with Crippen molar-refractivity contribution in [3.63, 3.8) is 0 Å². The van der Waals surface area contributed by atoms with Crippen LogP contribution in [0.3, 0.4) is 0 Å². The van der Waals surface area contributed by atoms with Crippen LogP contribution in [0.2, 0.25) is 0 Å². The average Bonchev–Trinajstić information content (AvgIpc) is 2.51. The molecule has 2 aliphatic rings. The molecule has 3 heteroatoms. The van der Waals surface area contributed by atoms with Crippen molar-refractivity contribution < 1.29 is 13.2 Å². The van der Waals surface area contributed by atoms with E-state index < -0.39 is 6.18 Å². The standard InChI is InChI=1S/C19H31F3/c1-2-3-4-15-5-9-17(10-6-15)18-11-7-16(8-12-18)13-14-19(20,21)22/h13-18H,2-12H2,1H3/t15-,16-,17-,18-. The van der Waals surface area contributed by atoms with Gasteiger partial charge in [0.25, 0.3) is 0 Å². The number of allylic oxidation sites excluding steroid dienone is 2. The average molecular weight is 316 g/mol. The van der Waals surface area contributed by atoms with Crippen LogP contribution in [0.5, 0.6) is 0 Å². The summed E-state index contributed by atoms with van der Waals surface area (Å²) in [5.41, 5.74) is 0. The van der Waals surface area contributed by atoms with Gasteiger partial charge in [-0.2, -0.15) is 13.2 Å². The van der Waals surface area contributed by atoms with Gasteiger partial charge >= 0.3 is 6.18 Å². The normalized spacial score (nSPS) is 34.2. The van der Waals surface area contributed by atoms with Gasteiger partial charge in [0.2, 0.25) is 0 Å². The Labute approximate surface area is 133 Å². The van der Waals surface area contributed by atoms with Gasteiger partial charge in [-0.15, -0.1) is 0 Å². The van der Waals surface area contributed by atoms with Gasteiger partial charge in [-0.1, -0.05) is 45.1 Å². The van der Waals surface area contributed by atoms with E-state index in [4.69, 9.17) is 0 Å². The van der Waals surface area contributed by atoms with Gasteiger partial charge in [-0.3, -0.25) is 0 Å². The molecule has 2 aliphatic carbocycles. The zero-order valence-electron chi connectivity index (χ0n) is 13.9. The van der Waals surface area contributed by atoms with E-state index in [0.29, 0.717) is 6.08 Å². The lowest BCUT2D eigenvalue weighted by Crippen LogP contribution is -2.25. The van der Waals surface area contributed by atoms with Gasteiger partial charge in [-0.25, -0.2) is 0 Å². The summed E-state index contributed by atoms with van der Waals surface area (Å²) in [7, 11) is 0. The molecule has 0 unspecified atom stereocenters. The zero-order chi connectivity index (χ0) is 16.0. The van der Waals surface area contributed by atoms with Crippen molar-refractivity contribution in [2.45, 2.75) is 83.7 Å². The Bertz CT molecular complexity index is 329. The molecule has 0 heterocycles. The minimum Gasteiger partial charge on any atom is -0.167 e. The van der Waals surface area contributed by atoms with E-state index >= 15 is 0 Å². The highest BCUT2D eigenvalue weighted by Gasteiger charge is 2.30. The lowest BCUT2D eigenvalue weighted by molar-refractivity contribution is -0.0803. The molecule has 0 aromatic rings. The lowest BCUT2D eigenvalue weighted by atomic mass is 9.68. The van der Waals surface area contributed by atoms with Crippen LogP contribution >= 0.6 is 0 Å². The third-order valence-corrected chi connectivity index (χ3v) is 5.90. The summed E-state index contributed by atoms with van der Waals surface area (Å²) in [6.45, 7) is 2.26. The number of hydrogen-bond donors (Lipinski definition) is 0. The fourth-order valence-electron chi connectivity index (χ4n) is 4.50. The first-order valence-corrected chi connectivity index (χ1v) is 9.24. The van der Waals surface area contributed by atoms with E-state index in [2.05, 4.69) is 6.92 Å². The first-order valence-electron chi connectivity index (χ1n) is 9.24. The fraction of sp³-hybridized carbons (Fsp3) is 0.895. The van der Waals surface area contributed by atoms with Crippen LogP contribution in [0.4, 0.5) is 13.2 Å². The van der Waals surface area contributed by atoms with E-state index in [-0.39, 0.29) is 5.92 Å². The molecule has 0 atom stereocenters. The van der Waals surface area contributed by atoms with E-state index in [0.717, 1.165) is 43.4 Å². The Balaban J connectivity index is 1.68. The topological polar surface area (TPSA) is 0 Å². The molecule has 0 aromatic heterocycles. The number of halogens is 3. The predicted molar refractivity (Wildman–Crippen MR) is 85.6 cm³/mol. The Morgan fingerprint density at radius 2 is 1.41 bits per heavy atom. The molecule has 0 aliphatic heterocycles. The minimum atomic E-state index is -4.15. The third-order valence-electron chi connectivity index (χ3n) is 5.90. The fourth-order valence-corrected chi connectivity index (χ4v) is 4.50. The zero-order valence-corrected chi connectivity index (χ0v) is 13.9. The van der Waals surface area contributed by atoms with Gasteiger partial charge in [0.05, 0.1) is 0 Å². The second kappa shape index (κ2) is 8.40. The summed E-state index contributed by atoms with van der Waals surface area (Å²) >= 11 is 0. The van der Waals surface area contributed by atoms with Gasteiger partial charge < -0.3 is 0 Å². The molecule has 0 N–H and O–H groups in total. The van der Waals surface area contributed by atoms with Crippen molar-refractivity contribution >= 4 is 0 Å². The van der Waals surface area contributed by atoms with Crippen LogP contribution in [0, 0.1) is 23.7 Å². The molecular weight excluding hydrogens is 285 g/mol. The lowest BCUT2D eigenvalue weighted by Gasteiger charge is -2.37. The van der Waals surface area contributed by atoms with Crippen LogP contribution in [0.1, 0.15) is 77.6 Å². The Kier molecular flexibility index (Phi) is 6.83. The van der Waals surface area contributed by atoms with Gasteiger partial charge in [-0.05, 0) is 62.2 Å². The highest BCUT2D eigenvalue weighted by Crippen LogP contribution is 2.42. The van der Waals surface area contributed by atoms with Crippen LogP contribution in [-0.4, -0.2) is 6.18 Å². The number of rotatable bonds is 5. The quantitative estimate of drug-likeness (QED) is 0.483. The SMILES string of the molecule is CCCC[C@H]1CC[C@H]([C@H]2CC[C@H](C=CC(F)(F)F)CC2)CC1. The van der Waals surface area contributed by atoms with Crippen LogP contribution < -0.4 is 0 Å². The molecule has 22 heavy (non-hydrogen) atoms. The molecule has 0 spiro atoms. The summed E-state index contributed by atoms with van der Waals surface area (Å²) in [6, 6.07) is 0. The maximum atomic E-state index is 12.2. The van der Waals surface area contributed by atoms with Crippen LogP contribution in [0.15, 0.2) is 12.2 Å². The van der Waals surface area contributed by atoms with E-state index in [1.165, 1.54) is 51.0 Å². The van der Waals surface area contributed by atoms with Crippen molar-refractivity contribution in [3.05, 3.63) is 12.2 Å². The van der Waals surface area contributed by atoms with Crippen LogP contribution in [0.25, 0.3) is 0 Å². The molecule has 2 saturated carbocycles. The molecule has 2 fully saturated rings. The first kappa shape index (κ1) is 17.9. The summed E-state index contributed by atoms with van der Waals surface area (Å²) < 4.78 is 36.6. The molecule has 128 valence electrons. The van der Waals surface area contributed by atoms with Crippen molar-refractivity contribution in [1.82, 2.24) is 0 Å². The molecular formula is C19H31F3. The number of alkyl halides is 3. The van der Waals surface area contributed by atoms with Crippen molar-refractivity contribution in [2.24, 2.45) is 23.7 Å². The van der Waals surface area contributed by atoms with E-state index in [1.807, 2.05) is 0 Å². The Morgan fingerprint density at radius 1 is 0.864 bits per heavy atom. The van der Waals surface area contributed by atoms with Crippen molar-refractivity contribution in [2.75, 3.05) is 0 Å². The predicted octanol–water partition coefficient (Wildman–Crippen LogP) is 6.91. The summed E-state index contributed by atoms with van der Waals surface area (Å²) in [5, 5.41) is 0. The van der Waals surface area contributed by atoms with Gasteiger partial charge in [0.15, 0.2) is 0 Å². The Morgan fingerprint density at radius 3 is 1.91 bits per heavy atom. The monoisotopic (exact) mass is 316 g/mol. The van der Waals surface area contributed by atoms with Crippen molar-refractivity contribution in [1.29, 1.82) is 0 Å². The van der Waals surface area contributed by atoms with E-state index in [9.17, 15) is 13.2 Å². The summed E-state index contributed by atoms with van der Waals surface area (Å²) in [4.78, 5) is 0. The molecule has 0 nitrogen and oxygen atoms in total. The molecule has 0 radical (unpaired) electrons. The summed E-state index contributed by atoms with van der Waals surface area (Å²) in [6.07, 6.45) is 11.4. The third kappa shape index (κ3) is 5.96. The molecule has 0 saturated heterocycles. The smallest absolute Gasteiger partial charge is 0.167 e. The Hall–Kier alpha value is -0.470. The number of unbranched alkanes of at least 4 members (excludes halogenated alkanes) is 1. The van der Waals surface area contributed by atoms with Crippen molar-refractivity contribution in [3.8, 4) is 0 Å². The molecule has 0 aromatic carbocycles. The maximum Gasteiger partial charge on any atom is 0.409 e. The van der Waals surface area contributed by atoms with Gasteiger partial charge in [0, 0.05) is 6.08 Å². The highest BCUT2D eigenvalue weighted by atomic mass is 19.4. The minimum absolute atomic E-state index is 0.152. The highest BCUT2D eigenvalue weighted by molar-refractivity contribution is 4.96. The summed E-state index contributed by atoms with van der Waals surface area (Å²) in [5.74, 6) is 2.73. The largest absolute Gasteiger partial charge is 0.409 e.